The van der Waals surface area contributed by atoms with Gasteiger partial charge in [0, 0.05) is 18.5 Å². The molecule has 4 unspecified atom stereocenters. The van der Waals surface area contributed by atoms with Crippen molar-refractivity contribution in [2.24, 2.45) is 28.1 Å². The summed E-state index contributed by atoms with van der Waals surface area (Å²) in [5, 5.41) is 27.9. The zero-order chi connectivity index (χ0) is 22.8. The first kappa shape index (κ1) is 22.5. The van der Waals surface area contributed by atoms with Crippen molar-refractivity contribution in [3.8, 4) is 0 Å². The van der Waals surface area contributed by atoms with Crippen LogP contribution in [0.5, 0.6) is 0 Å². The largest absolute Gasteiger partial charge is 0.481 e. The van der Waals surface area contributed by atoms with Crippen LogP contribution < -0.4 is 10.6 Å². The smallest absolute Gasteiger partial charge is 0.311 e. The minimum absolute atomic E-state index is 0.00752. The first-order valence-corrected chi connectivity index (χ1v) is 11.5. The molecule has 4 N–H and O–H groups in total. The first-order chi connectivity index (χ1) is 14.5. The predicted molar refractivity (Wildman–Crippen MR) is 115 cm³/mol. The van der Waals surface area contributed by atoms with Crippen LogP contribution in [-0.2, 0) is 9.59 Å². The van der Waals surface area contributed by atoms with Crippen molar-refractivity contribution in [1.82, 2.24) is 10.6 Å². The maximum absolute atomic E-state index is 13.9. The molecule has 0 radical (unpaired) electrons. The van der Waals surface area contributed by atoms with E-state index in [-0.39, 0.29) is 30.2 Å². The van der Waals surface area contributed by atoms with E-state index in [4.69, 9.17) is 0 Å². The Hall–Kier alpha value is -1.73. The number of hydrogen-bond acceptors (Lipinski definition) is 4. The summed E-state index contributed by atoms with van der Waals surface area (Å²) >= 11 is 0. The third kappa shape index (κ3) is 2.75. The maximum Gasteiger partial charge on any atom is 0.311 e. The van der Waals surface area contributed by atoms with Gasteiger partial charge in [0.2, 0.25) is 5.91 Å². The Labute approximate surface area is 183 Å². The van der Waals surface area contributed by atoms with Crippen molar-refractivity contribution in [2.45, 2.75) is 71.4 Å². The average molecular weight is 435 g/mol. The van der Waals surface area contributed by atoms with E-state index in [2.05, 4.69) is 10.6 Å². The van der Waals surface area contributed by atoms with Gasteiger partial charge in [-0.3, -0.25) is 9.59 Å². The van der Waals surface area contributed by atoms with Gasteiger partial charge in [0.05, 0.1) is 16.4 Å². The Morgan fingerprint density at radius 2 is 1.94 bits per heavy atom. The van der Waals surface area contributed by atoms with E-state index in [9.17, 15) is 24.2 Å². The summed E-state index contributed by atoms with van der Waals surface area (Å²) in [6, 6.07) is -0.0640. The molecule has 0 aromatic carbocycles. The molecule has 4 rings (SSSR count). The molecule has 3 saturated carbocycles. The van der Waals surface area contributed by atoms with Crippen LogP contribution >= 0.6 is 0 Å². The number of likely N-dealkylation sites (N-methyl/N-ethyl adjacent to an activating group) is 1. The molecule has 172 valence electrons. The molecule has 6 nitrogen and oxygen atoms in total. The highest BCUT2D eigenvalue weighted by molar-refractivity contribution is 5.93. The fourth-order valence-electron chi connectivity index (χ4n) is 7.93. The van der Waals surface area contributed by atoms with Crippen LogP contribution in [0.15, 0.2) is 23.6 Å². The standard InChI is InChI=1S/C24H35FN2O4/c1-5-26-17-7-6-15(25)12-14(17)13-27-19(28)23(4)18-16(8-9-22(18,3)31)21(2)10-11-24(21,23)20(29)30/h6,12,16-18,26,31H,5,7-11,13H2,1-4H3,(H,27,28)(H,29,30)/t16?,17?,18-,21?,22+,23+,24?/m0/s1. The van der Waals surface area contributed by atoms with Gasteiger partial charge in [0.1, 0.15) is 5.83 Å². The normalized spacial score (nSPS) is 45.8. The van der Waals surface area contributed by atoms with Gasteiger partial charge in [-0.05, 0) is 81.6 Å². The van der Waals surface area contributed by atoms with Gasteiger partial charge < -0.3 is 20.8 Å². The molecule has 31 heavy (non-hydrogen) atoms. The quantitative estimate of drug-likeness (QED) is 0.515. The number of fused-ring (bicyclic) bond motifs is 3. The summed E-state index contributed by atoms with van der Waals surface area (Å²) in [6.07, 6.45) is 5.97. The fourth-order valence-corrected chi connectivity index (χ4v) is 7.93. The summed E-state index contributed by atoms with van der Waals surface area (Å²) in [7, 11) is 0. The molecule has 0 aromatic rings. The molecular formula is C24H35FN2O4. The number of carboxylic acids is 1. The van der Waals surface area contributed by atoms with Gasteiger partial charge >= 0.3 is 5.97 Å². The number of carbonyl (C=O) groups is 2. The number of nitrogens with one attached hydrogen (secondary N) is 2. The van der Waals surface area contributed by atoms with Gasteiger partial charge in [0.25, 0.3) is 0 Å². The van der Waals surface area contributed by atoms with Gasteiger partial charge in [-0.25, -0.2) is 4.39 Å². The van der Waals surface area contributed by atoms with Crippen molar-refractivity contribution in [1.29, 1.82) is 0 Å². The third-order valence-corrected chi connectivity index (χ3v) is 9.41. The lowest BCUT2D eigenvalue weighted by Gasteiger charge is -2.58. The Balaban J connectivity index is 1.67. The van der Waals surface area contributed by atoms with E-state index in [1.807, 2.05) is 13.8 Å². The molecule has 0 heterocycles. The molecule has 0 aliphatic heterocycles. The van der Waals surface area contributed by atoms with Crippen molar-refractivity contribution in [2.75, 3.05) is 13.1 Å². The van der Waals surface area contributed by atoms with Crippen LogP contribution in [0.2, 0.25) is 0 Å². The van der Waals surface area contributed by atoms with Crippen LogP contribution in [0, 0.1) is 28.1 Å². The SMILES string of the molecule is CCNC1CC=C(F)C=C1CNC(=O)[C@@]1(C)[C@H]2C(CC[C@@]2(C)O)C2(C)CCC21C(=O)O. The maximum atomic E-state index is 13.9. The lowest BCUT2D eigenvalue weighted by molar-refractivity contribution is -0.196. The number of carboxylic acid groups (broad SMARTS) is 1. The molecule has 4 aliphatic rings. The molecule has 0 spiro atoms. The molecule has 4 aliphatic carbocycles. The zero-order valence-electron chi connectivity index (χ0n) is 18.9. The number of halogens is 1. The van der Waals surface area contributed by atoms with Crippen molar-refractivity contribution in [3.05, 3.63) is 23.6 Å². The lowest BCUT2D eigenvalue weighted by atomic mass is 9.43. The van der Waals surface area contributed by atoms with E-state index in [0.717, 1.165) is 25.0 Å². The van der Waals surface area contributed by atoms with E-state index in [1.165, 1.54) is 12.2 Å². The number of amides is 1. The second-order valence-electron chi connectivity index (χ2n) is 10.6. The highest BCUT2D eigenvalue weighted by Gasteiger charge is 2.84. The second kappa shape index (κ2) is 7.14. The van der Waals surface area contributed by atoms with Gasteiger partial charge in [-0.1, -0.05) is 13.8 Å². The Morgan fingerprint density at radius 1 is 1.23 bits per heavy atom. The molecule has 7 atom stereocenters. The number of aliphatic hydroxyl groups is 1. The molecule has 7 heteroatoms. The van der Waals surface area contributed by atoms with E-state index < -0.39 is 33.7 Å². The summed E-state index contributed by atoms with van der Waals surface area (Å²) < 4.78 is 13.9. The zero-order valence-corrected chi connectivity index (χ0v) is 18.9. The Bertz CT molecular complexity index is 868. The molecule has 1 amide bonds. The molecule has 3 fully saturated rings. The highest BCUT2D eigenvalue weighted by Crippen LogP contribution is 2.81. The predicted octanol–water partition coefficient (Wildman–Crippen LogP) is 2.93. The minimum atomic E-state index is -1.24. The van der Waals surface area contributed by atoms with Crippen LogP contribution in [0.4, 0.5) is 4.39 Å². The fraction of sp³-hybridized carbons (Fsp3) is 0.750. The number of allylic oxidation sites excluding steroid dienone is 2. The van der Waals surface area contributed by atoms with Crippen LogP contribution in [0.3, 0.4) is 0 Å². The Kier molecular flexibility index (Phi) is 5.17. The highest BCUT2D eigenvalue weighted by atomic mass is 19.1. The van der Waals surface area contributed by atoms with Crippen molar-refractivity contribution in [3.63, 3.8) is 0 Å². The average Bonchev–Trinajstić information content (AvgIpc) is 3.06. The number of aliphatic carboxylic acids is 1. The van der Waals surface area contributed by atoms with Gasteiger partial charge in [-0.2, -0.15) is 0 Å². The lowest BCUT2D eigenvalue weighted by Crippen LogP contribution is -2.65. The van der Waals surface area contributed by atoms with Crippen molar-refractivity contribution >= 4 is 11.9 Å². The van der Waals surface area contributed by atoms with E-state index in [1.54, 1.807) is 13.8 Å². The number of hydrogen-bond donors (Lipinski definition) is 4. The van der Waals surface area contributed by atoms with Gasteiger partial charge in [-0.15, -0.1) is 0 Å². The van der Waals surface area contributed by atoms with Crippen molar-refractivity contribution < 1.29 is 24.2 Å². The minimum Gasteiger partial charge on any atom is -0.481 e. The summed E-state index contributed by atoms with van der Waals surface area (Å²) in [5.74, 6) is -2.04. The summed E-state index contributed by atoms with van der Waals surface area (Å²) in [4.78, 5) is 26.5. The monoisotopic (exact) mass is 434 g/mol. The van der Waals surface area contributed by atoms with Crippen LogP contribution in [-0.4, -0.2) is 46.8 Å². The molecule has 0 saturated heterocycles. The summed E-state index contributed by atoms with van der Waals surface area (Å²) in [5.41, 5.74) is -3.30. The van der Waals surface area contributed by atoms with E-state index >= 15 is 0 Å². The first-order valence-electron chi connectivity index (χ1n) is 11.5. The topological polar surface area (TPSA) is 98.7 Å². The van der Waals surface area contributed by atoms with Crippen LogP contribution in [0.25, 0.3) is 0 Å². The Morgan fingerprint density at radius 3 is 2.52 bits per heavy atom. The molecule has 0 bridgehead atoms. The third-order valence-electron chi connectivity index (χ3n) is 9.41. The molecular weight excluding hydrogens is 399 g/mol. The molecule has 0 aromatic heterocycles. The second-order valence-corrected chi connectivity index (χ2v) is 10.6. The number of carbonyl (C=O) groups excluding carboxylic acids is 1. The van der Waals surface area contributed by atoms with Gasteiger partial charge in [0.15, 0.2) is 0 Å². The van der Waals surface area contributed by atoms with Crippen LogP contribution in [0.1, 0.15) is 59.8 Å². The van der Waals surface area contributed by atoms with E-state index in [0.29, 0.717) is 19.3 Å². The number of rotatable bonds is 6. The summed E-state index contributed by atoms with van der Waals surface area (Å²) in [6.45, 7) is 8.33.